The van der Waals surface area contributed by atoms with Crippen LogP contribution in [0.1, 0.15) is 11.1 Å². The zero-order valence-electron chi connectivity index (χ0n) is 10.2. The van der Waals surface area contributed by atoms with Crippen LogP contribution in [0.15, 0.2) is 30.5 Å². The number of pyridine rings is 1. The third-order valence-corrected chi connectivity index (χ3v) is 3.45. The van der Waals surface area contributed by atoms with Gasteiger partial charge in [0.1, 0.15) is 5.82 Å². The Morgan fingerprint density at radius 1 is 1.11 bits per heavy atom. The molecule has 0 amide bonds. The summed E-state index contributed by atoms with van der Waals surface area (Å²) in [5.41, 5.74) is 4.89. The van der Waals surface area contributed by atoms with Crippen LogP contribution in [0.2, 0.25) is 5.02 Å². The number of aromatic amines is 1. The number of benzene rings is 1. The summed E-state index contributed by atoms with van der Waals surface area (Å²) in [5.74, 6) is 0.800. The number of aromatic nitrogens is 3. The summed E-state index contributed by atoms with van der Waals surface area (Å²) in [6, 6.07) is 7.88. The van der Waals surface area contributed by atoms with Crippen LogP contribution < -0.4 is 0 Å². The Bertz CT molecular complexity index is 731. The molecule has 0 saturated carbocycles. The fraction of sp³-hybridized carbons (Fsp3) is 0.143. The first kappa shape index (κ1) is 11.2. The number of imidazole rings is 1. The van der Waals surface area contributed by atoms with Gasteiger partial charge in [0.25, 0.3) is 0 Å². The van der Waals surface area contributed by atoms with Gasteiger partial charge in [-0.25, -0.2) is 9.97 Å². The van der Waals surface area contributed by atoms with Crippen molar-refractivity contribution in [1.29, 1.82) is 0 Å². The van der Waals surface area contributed by atoms with Gasteiger partial charge in [-0.2, -0.15) is 0 Å². The summed E-state index contributed by atoms with van der Waals surface area (Å²) >= 11 is 6.14. The van der Waals surface area contributed by atoms with Crippen molar-refractivity contribution in [3.8, 4) is 11.4 Å². The number of hydrogen-bond donors (Lipinski definition) is 1. The normalized spacial score (nSPS) is 11.1. The van der Waals surface area contributed by atoms with E-state index in [-0.39, 0.29) is 0 Å². The number of nitrogens with zero attached hydrogens (tertiary/aromatic N) is 2. The lowest BCUT2D eigenvalue weighted by atomic mass is 10.1. The topological polar surface area (TPSA) is 41.6 Å². The summed E-state index contributed by atoms with van der Waals surface area (Å²) in [4.78, 5) is 12.0. The summed E-state index contributed by atoms with van der Waals surface area (Å²) in [7, 11) is 0. The van der Waals surface area contributed by atoms with E-state index >= 15 is 0 Å². The van der Waals surface area contributed by atoms with Crippen molar-refractivity contribution < 1.29 is 0 Å². The Hall–Kier alpha value is -1.87. The molecule has 0 radical (unpaired) electrons. The highest BCUT2D eigenvalue weighted by molar-refractivity contribution is 6.31. The highest BCUT2D eigenvalue weighted by Gasteiger charge is 2.08. The molecular weight excluding hydrogens is 246 g/mol. The van der Waals surface area contributed by atoms with Gasteiger partial charge in [0, 0.05) is 16.8 Å². The molecule has 0 fully saturated rings. The molecule has 0 unspecified atom stereocenters. The van der Waals surface area contributed by atoms with Crippen molar-refractivity contribution in [3.63, 3.8) is 0 Å². The first-order valence-corrected chi connectivity index (χ1v) is 6.11. The Morgan fingerprint density at radius 3 is 2.67 bits per heavy atom. The molecule has 0 aliphatic heterocycles. The lowest BCUT2D eigenvalue weighted by molar-refractivity contribution is 1.29. The molecule has 0 aliphatic carbocycles. The standard InChI is InChI=1S/C14H12ClN3/c1-8-3-4-10(7-11(8)15)13-17-12-9(2)5-6-16-14(12)18-13/h3-7H,1-2H3,(H,16,17,18). The molecule has 0 spiro atoms. The molecule has 2 heterocycles. The van der Waals surface area contributed by atoms with Gasteiger partial charge < -0.3 is 4.98 Å². The maximum atomic E-state index is 6.14. The Morgan fingerprint density at radius 2 is 1.94 bits per heavy atom. The molecule has 3 aromatic rings. The van der Waals surface area contributed by atoms with E-state index in [1.165, 1.54) is 0 Å². The monoisotopic (exact) mass is 257 g/mol. The smallest absolute Gasteiger partial charge is 0.178 e. The molecule has 0 saturated heterocycles. The van der Waals surface area contributed by atoms with Gasteiger partial charge in [-0.05, 0) is 37.1 Å². The van der Waals surface area contributed by atoms with E-state index in [2.05, 4.69) is 15.0 Å². The van der Waals surface area contributed by atoms with Crippen molar-refractivity contribution >= 4 is 22.8 Å². The lowest BCUT2D eigenvalue weighted by Crippen LogP contribution is -1.82. The maximum Gasteiger partial charge on any atom is 0.178 e. The average molecular weight is 258 g/mol. The summed E-state index contributed by atoms with van der Waals surface area (Å²) in [5, 5.41) is 0.748. The zero-order valence-corrected chi connectivity index (χ0v) is 10.9. The minimum Gasteiger partial charge on any atom is -0.336 e. The van der Waals surface area contributed by atoms with Crippen molar-refractivity contribution in [1.82, 2.24) is 15.0 Å². The molecule has 0 atom stereocenters. The van der Waals surface area contributed by atoms with Crippen molar-refractivity contribution in [2.75, 3.05) is 0 Å². The van der Waals surface area contributed by atoms with Crippen LogP contribution in [0.5, 0.6) is 0 Å². The minimum atomic E-state index is 0.738. The van der Waals surface area contributed by atoms with Gasteiger partial charge in [-0.1, -0.05) is 23.7 Å². The molecule has 1 N–H and O–H groups in total. The third kappa shape index (κ3) is 1.77. The van der Waals surface area contributed by atoms with E-state index in [9.17, 15) is 0 Å². The van der Waals surface area contributed by atoms with E-state index in [0.717, 1.165) is 38.7 Å². The number of fused-ring (bicyclic) bond motifs is 1. The van der Waals surface area contributed by atoms with Gasteiger partial charge in [-0.3, -0.25) is 0 Å². The molecule has 2 aromatic heterocycles. The van der Waals surface area contributed by atoms with Crippen LogP contribution in [-0.4, -0.2) is 15.0 Å². The SMILES string of the molecule is Cc1ccc(-c2nc3nccc(C)c3[nH]2)cc1Cl. The molecule has 18 heavy (non-hydrogen) atoms. The predicted octanol–water partition coefficient (Wildman–Crippen LogP) is 3.90. The number of hydrogen-bond acceptors (Lipinski definition) is 2. The second-order valence-corrected chi connectivity index (χ2v) is 4.78. The quantitative estimate of drug-likeness (QED) is 0.718. The Labute approximate surface area is 110 Å². The van der Waals surface area contributed by atoms with Crippen LogP contribution >= 0.6 is 11.6 Å². The van der Waals surface area contributed by atoms with Gasteiger partial charge in [0.15, 0.2) is 5.65 Å². The lowest BCUT2D eigenvalue weighted by Gasteiger charge is -2.00. The van der Waals surface area contributed by atoms with Gasteiger partial charge in [0.05, 0.1) is 5.52 Å². The Kier molecular flexibility index (Phi) is 2.56. The van der Waals surface area contributed by atoms with E-state index < -0.39 is 0 Å². The molecule has 3 rings (SSSR count). The van der Waals surface area contributed by atoms with Crippen LogP contribution in [0.3, 0.4) is 0 Å². The van der Waals surface area contributed by atoms with Crippen LogP contribution in [0, 0.1) is 13.8 Å². The number of H-pyrrole nitrogens is 1. The zero-order chi connectivity index (χ0) is 12.7. The Balaban J connectivity index is 2.19. The van der Waals surface area contributed by atoms with Crippen LogP contribution in [0.25, 0.3) is 22.6 Å². The summed E-state index contributed by atoms with van der Waals surface area (Å²) in [6.45, 7) is 4.02. The predicted molar refractivity (Wildman–Crippen MR) is 73.8 cm³/mol. The first-order valence-electron chi connectivity index (χ1n) is 5.73. The summed E-state index contributed by atoms with van der Waals surface area (Å²) in [6.07, 6.45) is 1.77. The highest BCUT2D eigenvalue weighted by Crippen LogP contribution is 2.25. The number of rotatable bonds is 1. The maximum absolute atomic E-state index is 6.14. The molecule has 0 bridgehead atoms. The van der Waals surface area contributed by atoms with Crippen molar-refractivity contribution in [3.05, 3.63) is 46.6 Å². The second-order valence-electron chi connectivity index (χ2n) is 4.38. The molecule has 4 heteroatoms. The van der Waals surface area contributed by atoms with Crippen LogP contribution in [0.4, 0.5) is 0 Å². The molecule has 1 aromatic carbocycles. The van der Waals surface area contributed by atoms with E-state index in [1.54, 1.807) is 6.20 Å². The van der Waals surface area contributed by atoms with Crippen molar-refractivity contribution in [2.45, 2.75) is 13.8 Å². The van der Waals surface area contributed by atoms with Crippen LogP contribution in [-0.2, 0) is 0 Å². The number of aryl methyl sites for hydroxylation is 2. The van der Waals surface area contributed by atoms with E-state index in [1.807, 2.05) is 38.1 Å². The number of halogens is 1. The largest absolute Gasteiger partial charge is 0.336 e. The first-order chi connectivity index (χ1) is 8.65. The van der Waals surface area contributed by atoms with E-state index in [0.29, 0.717) is 0 Å². The third-order valence-electron chi connectivity index (χ3n) is 3.05. The molecule has 90 valence electrons. The summed E-state index contributed by atoms with van der Waals surface area (Å²) < 4.78 is 0. The average Bonchev–Trinajstić information content (AvgIpc) is 2.78. The molecular formula is C14H12ClN3. The molecule has 3 nitrogen and oxygen atoms in total. The van der Waals surface area contributed by atoms with Gasteiger partial charge >= 0.3 is 0 Å². The highest BCUT2D eigenvalue weighted by atomic mass is 35.5. The van der Waals surface area contributed by atoms with Gasteiger partial charge in [-0.15, -0.1) is 0 Å². The van der Waals surface area contributed by atoms with E-state index in [4.69, 9.17) is 11.6 Å². The molecule has 0 aliphatic rings. The fourth-order valence-corrected chi connectivity index (χ4v) is 2.09. The van der Waals surface area contributed by atoms with Gasteiger partial charge in [0.2, 0.25) is 0 Å². The fourth-order valence-electron chi connectivity index (χ4n) is 1.91. The second kappa shape index (κ2) is 4.10. The minimum absolute atomic E-state index is 0.738. The number of nitrogens with one attached hydrogen (secondary N) is 1. The van der Waals surface area contributed by atoms with Crippen molar-refractivity contribution in [2.24, 2.45) is 0 Å².